The standard InChI is InChI=1S/C21H21N/c1-2-9-21(20-12-7-4-8-13-20)22-16-14-19(15-17-22)18-10-5-3-6-11-18/h1,3-8,10-14,21H,9,15-17H2. The maximum absolute atomic E-state index is 5.60. The second kappa shape index (κ2) is 7.11. The van der Waals surface area contributed by atoms with Crippen LogP contribution < -0.4 is 0 Å². The third-order valence-electron chi connectivity index (χ3n) is 4.32. The average Bonchev–Trinajstić information content (AvgIpc) is 2.61. The molecule has 2 aromatic carbocycles. The van der Waals surface area contributed by atoms with Gasteiger partial charge in [-0.05, 0) is 23.1 Å². The van der Waals surface area contributed by atoms with Crippen LogP contribution in [0, 0.1) is 12.3 Å². The molecule has 1 atom stereocenters. The molecule has 1 nitrogen and oxygen atoms in total. The molecule has 1 heteroatoms. The minimum absolute atomic E-state index is 0.319. The number of terminal acetylenes is 1. The summed E-state index contributed by atoms with van der Waals surface area (Å²) < 4.78 is 0. The number of rotatable bonds is 4. The SMILES string of the molecule is C#CCC(c1ccccc1)N1CC=C(c2ccccc2)CC1. The zero-order valence-electron chi connectivity index (χ0n) is 12.8. The van der Waals surface area contributed by atoms with Crippen LogP contribution in [0.4, 0.5) is 0 Å². The van der Waals surface area contributed by atoms with Gasteiger partial charge in [0.1, 0.15) is 0 Å². The quantitative estimate of drug-likeness (QED) is 0.746. The van der Waals surface area contributed by atoms with E-state index in [0.29, 0.717) is 6.04 Å². The Balaban J connectivity index is 1.76. The largest absolute Gasteiger partial charge is 0.291 e. The van der Waals surface area contributed by atoms with Crippen LogP contribution in [0.5, 0.6) is 0 Å². The van der Waals surface area contributed by atoms with E-state index in [1.165, 1.54) is 16.7 Å². The van der Waals surface area contributed by atoms with Crippen molar-refractivity contribution in [3.05, 3.63) is 77.9 Å². The Kier molecular flexibility index (Phi) is 4.73. The third-order valence-corrected chi connectivity index (χ3v) is 4.32. The molecule has 0 saturated heterocycles. The summed E-state index contributed by atoms with van der Waals surface area (Å²) in [5.74, 6) is 2.84. The number of benzene rings is 2. The summed E-state index contributed by atoms with van der Waals surface area (Å²) in [5, 5.41) is 0. The van der Waals surface area contributed by atoms with Gasteiger partial charge in [-0.3, -0.25) is 4.90 Å². The molecule has 0 bridgehead atoms. The van der Waals surface area contributed by atoms with E-state index >= 15 is 0 Å². The van der Waals surface area contributed by atoms with Crippen LogP contribution in [0.1, 0.15) is 30.0 Å². The molecule has 1 aliphatic heterocycles. The van der Waals surface area contributed by atoms with Gasteiger partial charge < -0.3 is 0 Å². The van der Waals surface area contributed by atoms with E-state index in [4.69, 9.17) is 6.42 Å². The van der Waals surface area contributed by atoms with Crippen molar-refractivity contribution in [3.8, 4) is 12.3 Å². The fourth-order valence-corrected chi connectivity index (χ4v) is 3.13. The molecule has 0 spiro atoms. The molecule has 110 valence electrons. The number of hydrogen-bond acceptors (Lipinski definition) is 1. The normalized spacial score (nSPS) is 16.6. The predicted octanol–water partition coefficient (Wildman–Crippen LogP) is 4.54. The molecule has 1 heterocycles. The van der Waals surface area contributed by atoms with Gasteiger partial charge in [-0.25, -0.2) is 0 Å². The van der Waals surface area contributed by atoms with Crippen LogP contribution >= 0.6 is 0 Å². The average molecular weight is 287 g/mol. The fraction of sp³-hybridized carbons (Fsp3) is 0.238. The second-order valence-electron chi connectivity index (χ2n) is 5.68. The molecular weight excluding hydrogens is 266 g/mol. The van der Waals surface area contributed by atoms with Crippen molar-refractivity contribution in [3.63, 3.8) is 0 Å². The highest BCUT2D eigenvalue weighted by atomic mass is 15.2. The minimum atomic E-state index is 0.319. The zero-order chi connectivity index (χ0) is 15.2. The first kappa shape index (κ1) is 14.6. The van der Waals surface area contributed by atoms with E-state index < -0.39 is 0 Å². The van der Waals surface area contributed by atoms with Gasteiger partial charge >= 0.3 is 0 Å². The molecule has 1 unspecified atom stereocenters. The lowest BCUT2D eigenvalue weighted by molar-refractivity contribution is 0.221. The van der Waals surface area contributed by atoms with Crippen molar-refractivity contribution in [1.29, 1.82) is 0 Å². The molecule has 0 saturated carbocycles. The maximum Gasteiger partial charge on any atom is 0.0460 e. The maximum atomic E-state index is 5.60. The highest BCUT2D eigenvalue weighted by Crippen LogP contribution is 2.29. The van der Waals surface area contributed by atoms with Gasteiger partial charge in [0.15, 0.2) is 0 Å². The summed E-state index contributed by atoms with van der Waals surface area (Å²) in [6.07, 6.45) is 9.80. The molecule has 0 fully saturated rings. The molecule has 0 aliphatic carbocycles. The van der Waals surface area contributed by atoms with Gasteiger partial charge in [0, 0.05) is 25.6 Å². The Morgan fingerprint density at radius 3 is 2.27 bits per heavy atom. The second-order valence-corrected chi connectivity index (χ2v) is 5.68. The Bertz CT molecular complexity index is 664. The highest BCUT2D eigenvalue weighted by molar-refractivity contribution is 5.66. The van der Waals surface area contributed by atoms with E-state index in [-0.39, 0.29) is 0 Å². The molecule has 0 radical (unpaired) electrons. The number of nitrogens with zero attached hydrogens (tertiary/aromatic N) is 1. The molecule has 0 aromatic heterocycles. The van der Waals surface area contributed by atoms with E-state index in [0.717, 1.165) is 25.9 Å². The number of hydrogen-bond donors (Lipinski definition) is 0. The summed E-state index contributed by atoms with van der Waals surface area (Å²) in [4.78, 5) is 2.49. The van der Waals surface area contributed by atoms with Crippen LogP contribution in [0.3, 0.4) is 0 Å². The van der Waals surface area contributed by atoms with Gasteiger partial charge in [-0.1, -0.05) is 66.7 Å². The van der Waals surface area contributed by atoms with Crippen molar-refractivity contribution >= 4 is 5.57 Å². The van der Waals surface area contributed by atoms with Gasteiger partial charge in [0.2, 0.25) is 0 Å². The van der Waals surface area contributed by atoms with E-state index in [1.54, 1.807) is 0 Å². The first-order chi connectivity index (χ1) is 10.9. The van der Waals surface area contributed by atoms with Gasteiger partial charge in [-0.15, -0.1) is 12.3 Å². The Morgan fingerprint density at radius 1 is 1.00 bits per heavy atom. The van der Waals surface area contributed by atoms with Crippen LogP contribution in [0.15, 0.2) is 66.7 Å². The van der Waals surface area contributed by atoms with Crippen molar-refractivity contribution < 1.29 is 0 Å². The lowest BCUT2D eigenvalue weighted by atomic mass is 9.96. The first-order valence-electron chi connectivity index (χ1n) is 7.85. The molecule has 3 rings (SSSR count). The Hall–Kier alpha value is -2.30. The first-order valence-corrected chi connectivity index (χ1v) is 7.85. The minimum Gasteiger partial charge on any atom is -0.291 e. The summed E-state index contributed by atoms with van der Waals surface area (Å²) in [6, 6.07) is 21.6. The lowest BCUT2D eigenvalue weighted by Crippen LogP contribution is -2.32. The van der Waals surface area contributed by atoms with Gasteiger partial charge in [0.05, 0.1) is 0 Å². The predicted molar refractivity (Wildman–Crippen MR) is 93.2 cm³/mol. The van der Waals surface area contributed by atoms with Crippen molar-refractivity contribution in [2.24, 2.45) is 0 Å². The van der Waals surface area contributed by atoms with E-state index in [2.05, 4.69) is 77.6 Å². The highest BCUT2D eigenvalue weighted by Gasteiger charge is 2.21. The molecular formula is C21H21N. The molecule has 1 aliphatic rings. The summed E-state index contributed by atoms with van der Waals surface area (Å²) in [7, 11) is 0. The molecule has 2 aromatic rings. The van der Waals surface area contributed by atoms with Gasteiger partial charge in [-0.2, -0.15) is 0 Å². The zero-order valence-corrected chi connectivity index (χ0v) is 12.8. The van der Waals surface area contributed by atoms with Crippen LogP contribution in [0.25, 0.3) is 5.57 Å². The monoisotopic (exact) mass is 287 g/mol. The van der Waals surface area contributed by atoms with E-state index in [9.17, 15) is 0 Å². The molecule has 0 amide bonds. The van der Waals surface area contributed by atoms with Crippen molar-refractivity contribution in [2.45, 2.75) is 18.9 Å². The van der Waals surface area contributed by atoms with Crippen LogP contribution in [-0.2, 0) is 0 Å². The van der Waals surface area contributed by atoms with Crippen molar-refractivity contribution in [2.75, 3.05) is 13.1 Å². The van der Waals surface area contributed by atoms with Gasteiger partial charge in [0.25, 0.3) is 0 Å². The Morgan fingerprint density at radius 2 is 1.68 bits per heavy atom. The van der Waals surface area contributed by atoms with E-state index in [1.807, 2.05) is 0 Å². The molecule has 22 heavy (non-hydrogen) atoms. The van der Waals surface area contributed by atoms with Crippen molar-refractivity contribution in [1.82, 2.24) is 4.90 Å². The summed E-state index contributed by atoms with van der Waals surface area (Å²) in [6.45, 7) is 2.02. The molecule has 0 N–H and O–H groups in total. The fourth-order valence-electron chi connectivity index (χ4n) is 3.13. The Labute approximate surface area is 133 Å². The van der Waals surface area contributed by atoms with Crippen LogP contribution in [0.2, 0.25) is 0 Å². The van der Waals surface area contributed by atoms with Crippen LogP contribution in [-0.4, -0.2) is 18.0 Å². The lowest BCUT2D eigenvalue weighted by Gasteiger charge is -2.33. The summed E-state index contributed by atoms with van der Waals surface area (Å²) >= 11 is 0. The smallest absolute Gasteiger partial charge is 0.0460 e. The summed E-state index contributed by atoms with van der Waals surface area (Å²) in [5.41, 5.74) is 4.11. The third kappa shape index (κ3) is 3.30. The topological polar surface area (TPSA) is 3.24 Å².